The predicted molar refractivity (Wildman–Crippen MR) is 97.3 cm³/mol. The van der Waals surface area contributed by atoms with Crippen molar-refractivity contribution in [3.8, 4) is 17.7 Å². The minimum absolute atomic E-state index is 0.0452. The highest BCUT2D eigenvalue weighted by Crippen LogP contribution is 2.32. The monoisotopic (exact) mass is 373 g/mol. The number of hydrogen-bond acceptors (Lipinski definition) is 4. The van der Waals surface area contributed by atoms with Gasteiger partial charge in [0.2, 0.25) is 0 Å². The number of amides is 1. The zero-order valence-corrected chi connectivity index (χ0v) is 15.9. The van der Waals surface area contributed by atoms with E-state index in [-0.39, 0.29) is 41.8 Å². The second-order valence-corrected chi connectivity index (χ2v) is 7.30. The van der Waals surface area contributed by atoms with Gasteiger partial charge in [0.05, 0.1) is 31.2 Å². The van der Waals surface area contributed by atoms with Crippen molar-refractivity contribution in [2.45, 2.75) is 52.2 Å². The lowest BCUT2D eigenvalue weighted by Crippen LogP contribution is -2.25. The minimum atomic E-state index is -0.631. The van der Waals surface area contributed by atoms with Crippen molar-refractivity contribution >= 4 is 11.9 Å². The molecule has 1 heterocycles. The van der Waals surface area contributed by atoms with Gasteiger partial charge in [-0.15, -0.1) is 0 Å². The summed E-state index contributed by atoms with van der Waals surface area (Å²) in [5.74, 6) is 2.06. The highest BCUT2D eigenvalue weighted by atomic mass is 19.1. The zero-order chi connectivity index (χ0) is 19.6. The molecule has 1 aromatic carbocycles. The molecule has 0 bridgehead atoms. The van der Waals surface area contributed by atoms with E-state index >= 15 is 0 Å². The summed E-state index contributed by atoms with van der Waals surface area (Å²) in [5.41, 5.74) is 0.663. The summed E-state index contributed by atoms with van der Waals surface area (Å²) in [4.78, 5) is 25.8. The fraction of sp³-hybridized carbons (Fsp3) is 0.524. The number of benzene rings is 1. The van der Waals surface area contributed by atoms with Crippen LogP contribution in [0.5, 0.6) is 5.75 Å². The van der Waals surface area contributed by atoms with Crippen molar-refractivity contribution in [2.75, 3.05) is 7.11 Å². The van der Waals surface area contributed by atoms with Crippen LogP contribution in [0.25, 0.3) is 0 Å². The lowest BCUT2D eigenvalue weighted by molar-refractivity contribution is -0.153. The maximum Gasteiger partial charge on any atom is 0.309 e. The molecule has 0 N–H and O–H groups in total. The molecular formula is C21H24FNO4. The van der Waals surface area contributed by atoms with Gasteiger partial charge in [-0.05, 0) is 51.2 Å². The molecule has 3 rings (SSSR count). The summed E-state index contributed by atoms with van der Waals surface area (Å²) in [5, 5.41) is 0. The average Bonchev–Trinajstić information content (AvgIpc) is 2.97. The van der Waals surface area contributed by atoms with Crippen LogP contribution < -0.4 is 4.74 Å². The number of hydrogen-bond donors (Lipinski definition) is 0. The van der Waals surface area contributed by atoms with Crippen molar-refractivity contribution in [3.63, 3.8) is 0 Å². The average molecular weight is 373 g/mol. The largest absolute Gasteiger partial charge is 0.494 e. The van der Waals surface area contributed by atoms with E-state index in [1.54, 1.807) is 6.07 Å². The van der Waals surface area contributed by atoms with Crippen LogP contribution in [0.4, 0.5) is 4.39 Å². The van der Waals surface area contributed by atoms with Crippen LogP contribution in [0, 0.1) is 29.6 Å². The Morgan fingerprint density at radius 3 is 2.59 bits per heavy atom. The van der Waals surface area contributed by atoms with Gasteiger partial charge in [-0.2, -0.15) is 0 Å². The first-order valence-electron chi connectivity index (χ1n) is 9.29. The fourth-order valence-corrected chi connectivity index (χ4v) is 3.56. The molecule has 1 aliphatic carbocycles. The van der Waals surface area contributed by atoms with E-state index in [0.29, 0.717) is 5.56 Å². The molecule has 0 saturated heterocycles. The lowest BCUT2D eigenvalue weighted by atomic mass is 9.82. The number of carbonyl (C=O) groups excluding carboxylic acids is 2. The molecule has 2 aliphatic rings. The van der Waals surface area contributed by atoms with Gasteiger partial charge < -0.3 is 9.47 Å². The van der Waals surface area contributed by atoms with Crippen LogP contribution in [0.3, 0.4) is 0 Å². The minimum Gasteiger partial charge on any atom is -0.494 e. The van der Waals surface area contributed by atoms with Crippen molar-refractivity contribution in [2.24, 2.45) is 11.8 Å². The zero-order valence-electron chi connectivity index (χ0n) is 15.9. The number of ether oxygens (including phenoxy) is 2. The Kier molecular flexibility index (Phi) is 5.69. The van der Waals surface area contributed by atoms with E-state index in [1.165, 1.54) is 18.1 Å². The molecule has 0 spiro atoms. The molecule has 0 atom stereocenters. The Bertz CT molecular complexity index is 800. The van der Waals surface area contributed by atoms with Crippen LogP contribution in [-0.4, -0.2) is 30.0 Å². The Balaban J connectivity index is 1.61. The molecular weight excluding hydrogens is 349 g/mol. The van der Waals surface area contributed by atoms with Crippen LogP contribution in [0.2, 0.25) is 0 Å². The van der Waals surface area contributed by atoms with Gasteiger partial charge in [-0.3, -0.25) is 14.5 Å². The van der Waals surface area contributed by atoms with Gasteiger partial charge in [0.25, 0.3) is 5.91 Å². The highest BCUT2D eigenvalue weighted by Gasteiger charge is 2.32. The quantitative estimate of drug-likeness (QED) is 0.601. The van der Waals surface area contributed by atoms with Crippen LogP contribution in [0.1, 0.15) is 55.5 Å². The maximum atomic E-state index is 14.3. The van der Waals surface area contributed by atoms with E-state index in [2.05, 4.69) is 12.0 Å². The molecule has 1 aliphatic heterocycles. The molecule has 5 nitrogen and oxygen atoms in total. The Morgan fingerprint density at radius 1 is 1.26 bits per heavy atom. The number of fused-ring (bicyclic) bond motifs is 1. The summed E-state index contributed by atoms with van der Waals surface area (Å²) in [6.07, 6.45) is 2.97. The molecule has 1 fully saturated rings. The number of halogens is 1. The van der Waals surface area contributed by atoms with E-state index in [9.17, 15) is 14.0 Å². The number of esters is 1. The summed E-state index contributed by atoms with van der Waals surface area (Å²) in [7, 11) is 1.37. The molecule has 0 unspecified atom stereocenters. The Hall–Kier alpha value is -2.55. The molecule has 1 saturated carbocycles. The Morgan fingerprint density at radius 2 is 1.96 bits per heavy atom. The molecule has 1 aromatic rings. The molecule has 144 valence electrons. The lowest BCUT2D eigenvalue weighted by Gasteiger charge is -2.25. The molecule has 1 amide bonds. The summed E-state index contributed by atoms with van der Waals surface area (Å²) < 4.78 is 24.6. The smallest absolute Gasteiger partial charge is 0.309 e. The van der Waals surface area contributed by atoms with Gasteiger partial charge in [0.15, 0.2) is 11.6 Å². The van der Waals surface area contributed by atoms with Crippen LogP contribution in [-0.2, 0) is 16.1 Å². The van der Waals surface area contributed by atoms with Crippen molar-refractivity contribution < 1.29 is 23.5 Å². The first-order chi connectivity index (χ1) is 12.9. The highest BCUT2D eigenvalue weighted by molar-refractivity contribution is 6.00. The first-order valence-corrected chi connectivity index (χ1v) is 9.29. The van der Waals surface area contributed by atoms with Crippen molar-refractivity contribution in [1.82, 2.24) is 4.90 Å². The summed E-state index contributed by atoms with van der Waals surface area (Å²) in [6.45, 7) is 3.97. The summed E-state index contributed by atoms with van der Waals surface area (Å²) >= 11 is 0. The van der Waals surface area contributed by atoms with Crippen LogP contribution in [0.15, 0.2) is 12.1 Å². The second-order valence-electron chi connectivity index (χ2n) is 7.30. The molecule has 6 heteroatoms. The topological polar surface area (TPSA) is 55.8 Å². The third kappa shape index (κ3) is 4.08. The molecule has 0 aromatic heterocycles. The Labute approximate surface area is 158 Å². The maximum absolute atomic E-state index is 14.3. The number of carbonyl (C=O) groups is 2. The third-order valence-electron chi connectivity index (χ3n) is 5.02. The predicted octanol–water partition coefficient (Wildman–Crippen LogP) is 3.51. The standard InChI is InChI=1S/C21H24FNO4/c1-13(2)27-21(25)15-6-4-14(5-7-15)10-11-23-12-16-8-9-17(26-3)19(22)18(16)20(23)24/h8-9,13-15H,4-7,12H2,1-3H3. The molecule has 27 heavy (non-hydrogen) atoms. The fourth-order valence-electron chi connectivity index (χ4n) is 3.56. The van der Waals surface area contributed by atoms with Gasteiger partial charge in [-0.25, -0.2) is 4.39 Å². The number of rotatable bonds is 3. The molecule has 0 radical (unpaired) electrons. The third-order valence-corrected chi connectivity index (χ3v) is 5.02. The van der Waals surface area contributed by atoms with Gasteiger partial charge in [0, 0.05) is 12.0 Å². The van der Waals surface area contributed by atoms with Crippen LogP contribution >= 0.6 is 0 Å². The number of nitrogens with zero attached hydrogens (tertiary/aromatic N) is 1. The van der Waals surface area contributed by atoms with E-state index in [0.717, 1.165) is 25.7 Å². The first kappa shape index (κ1) is 19.2. The SMILES string of the molecule is COc1ccc2c(c1F)C(=O)N(C#CC1CCC(C(=O)OC(C)C)CC1)C2. The number of methoxy groups -OCH3 is 1. The van der Waals surface area contributed by atoms with Gasteiger partial charge in [0.1, 0.15) is 0 Å². The second kappa shape index (κ2) is 7.99. The van der Waals surface area contributed by atoms with Gasteiger partial charge in [-0.1, -0.05) is 12.0 Å². The van der Waals surface area contributed by atoms with Gasteiger partial charge >= 0.3 is 5.97 Å². The van der Waals surface area contributed by atoms with Crippen molar-refractivity contribution in [3.05, 3.63) is 29.1 Å². The summed E-state index contributed by atoms with van der Waals surface area (Å²) in [6, 6.07) is 6.12. The van der Waals surface area contributed by atoms with E-state index < -0.39 is 11.7 Å². The van der Waals surface area contributed by atoms with Crippen molar-refractivity contribution in [1.29, 1.82) is 0 Å². The normalized spacial score (nSPS) is 21.5. The van der Waals surface area contributed by atoms with E-state index in [4.69, 9.17) is 9.47 Å². The van der Waals surface area contributed by atoms with E-state index in [1.807, 2.05) is 13.8 Å².